The van der Waals surface area contributed by atoms with Crippen molar-refractivity contribution in [1.82, 2.24) is 0 Å². The normalized spacial score (nSPS) is 18.7. The number of hydrogen-bond donors (Lipinski definition) is 0. The Morgan fingerprint density at radius 2 is 2.04 bits per heavy atom. The molecule has 1 aromatic carbocycles. The number of Topliss-reactive ketones (excluding diaryl/α,β-unsaturated/α-hetero) is 1. The van der Waals surface area contributed by atoms with Crippen LogP contribution in [-0.2, 0) is 14.3 Å². The molecule has 0 bridgehead atoms. The molecule has 1 heterocycles. The summed E-state index contributed by atoms with van der Waals surface area (Å²) >= 11 is -0.253. The molecule has 0 N–H and O–H groups in total. The Morgan fingerprint density at radius 3 is 2.70 bits per heavy atom. The van der Waals surface area contributed by atoms with Gasteiger partial charge in [-0.25, -0.2) is 0 Å². The van der Waals surface area contributed by atoms with E-state index in [2.05, 4.69) is 0 Å². The Balaban J connectivity index is 2.17. The third kappa shape index (κ3) is 4.99. The summed E-state index contributed by atoms with van der Waals surface area (Å²) in [6.07, 6.45) is 3.28. The number of carbonyl (C=O) groups excluding carboxylic acids is 2. The molecule has 1 unspecified atom stereocenters. The van der Waals surface area contributed by atoms with Crippen LogP contribution in [-0.4, -0.2) is 23.2 Å². The van der Waals surface area contributed by atoms with Crippen LogP contribution in [0.1, 0.15) is 18.9 Å². The van der Waals surface area contributed by atoms with Gasteiger partial charge < -0.3 is 4.74 Å². The van der Waals surface area contributed by atoms with Gasteiger partial charge in [-0.05, 0) is 42.5 Å². The molecule has 0 aromatic heterocycles. The van der Waals surface area contributed by atoms with Crippen molar-refractivity contribution in [2.75, 3.05) is 0 Å². The Labute approximate surface area is 135 Å². The zero-order valence-electron chi connectivity index (χ0n) is 12.1. The average Bonchev–Trinajstić information content (AvgIpc) is 2.44. The van der Waals surface area contributed by atoms with Gasteiger partial charge in [-0.3, -0.25) is 9.59 Å². The molecule has 1 atom stereocenters. The number of rotatable bonds is 4. The second-order valence-electron chi connectivity index (χ2n) is 4.89. The van der Waals surface area contributed by atoms with Gasteiger partial charge in [-0.2, -0.15) is 13.2 Å². The van der Waals surface area contributed by atoms with E-state index in [4.69, 9.17) is 4.74 Å². The molecule has 0 amide bonds. The van der Waals surface area contributed by atoms with E-state index in [0.29, 0.717) is 0 Å². The predicted molar refractivity (Wildman–Crippen MR) is 80.6 cm³/mol. The van der Waals surface area contributed by atoms with Crippen LogP contribution in [0.4, 0.5) is 13.2 Å². The summed E-state index contributed by atoms with van der Waals surface area (Å²) in [5.41, 5.74) is -4.26. The maximum atomic E-state index is 12.5. The number of carbonyl (C=O) groups is 2. The third-order valence-corrected chi connectivity index (χ3v) is 3.84. The van der Waals surface area contributed by atoms with Gasteiger partial charge in [-0.1, -0.05) is 18.2 Å². The molecule has 7 heteroatoms. The maximum Gasteiger partial charge on any atom is 0.446 e. The molecule has 2 rings (SSSR count). The van der Waals surface area contributed by atoms with E-state index in [1.807, 2.05) is 0 Å². The summed E-state index contributed by atoms with van der Waals surface area (Å²) in [5, 5.41) is 0. The molecule has 3 nitrogen and oxygen atoms in total. The third-order valence-electron chi connectivity index (χ3n) is 3.02. The minimum absolute atomic E-state index is 0.0159. The maximum absolute atomic E-state index is 12.5. The molecule has 0 saturated heterocycles. The molecule has 0 aliphatic carbocycles. The van der Waals surface area contributed by atoms with Crippen molar-refractivity contribution in [1.29, 1.82) is 0 Å². The van der Waals surface area contributed by atoms with Crippen molar-refractivity contribution < 1.29 is 27.5 Å². The second-order valence-corrected chi connectivity index (χ2v) is 6.00. The van der Waals surface area contributed by atoms with Crippen LogP contribution in [0.2, 0.25) is 0 Å². The lowest BCUT2D eigenvalue weighted by molar-refractivity contribution is -0.122. The predicted octanol–water partition coefficient (Wildman–Crippen LogP) is 4.14. The monoisotopic (exact) mass is 342 g/mol. The van der Waals surface area contributed by atoms with Crippen molar-refractivity contribution in [3.63, 3.8) is 0 Å². The first kappa shape index (κ1) is 17.3. The molecule has 1 aliphatic heterocycles. The number of benzene rings is 1. The highest BCUT2D eigenvalue weighted by atomic mass is 32.2. The minimum Gasteiger partial charge on any atom is -0.497 e. The first-order valence-corrected chi connectivity index (χ1v) is 7.54. The molecule has 0 radical (unpaired) electrons. The summed E-state index contributed by atoms with van der Waals surface area (Å²) in [6.45, 7) is 1.70. The molecular formula is C16H13F3O3S. The summed E-state index contributed by atoms with van der Waals surface area (Å²) in [6, 6.07) is 5.84. The van der Waals surface area contributed by atoms with Gasteiger partial charge >= 0.3 is 5.51 Å². The van der Waals surface area contributed by atoms with Crippen molar-refractivity contribution >= 4 is 29.4 Å². The molecule has 0 saturated carbocycles. The molecule has 0 fully saturated rings. The van der Waals surface area contributed by atoms with Crippen molar-refractivity contribution in [2.45, 2.75) is 29.9 Å². The van der Waals surface area contributed by atoms with Crippen molar-refractivity contribution in [3.8, 4) is 0 Å². The summed E-state index contributed by atoms with van der Waals surface area (Å²) < 4.78 is 42.6. The highest BCUT2D eigenvalue weighted by Gasteiger charge is 2.30. The fourth-order valence-electron chi connectivity index (χ4n) is 1.96. The van der Waals surface area contributed by atoms with Crippen LogP contribution in [0.15, 0.2) is 47.1 Å². The highest BCUT2D eigenvalue weighted by molar-refractivity contribution is 8.00. The van der Waals surface area contributed by atoms with Crippen LogP contribution in [0.5, 0.6) is 0 Å². The van der Waals surface area contributed by atoms with E-state index in [-0.39, 0.29) is 46.1 Å². The van der Waals surface area contributed by atoms with E-state index >= 15 is 0 Å². The molecule has 1 aromatic rings. The van der Waals surface area contributed by atoms with E-state index in [0.717, 1.165) is 12.3 Å². The number of ketones is 2. The highest BCUT2D eigenvalue weighted by Crippen LogP contribution is 2.38. The number of ether oxygens (including phenoxy) is 1. The van der Waals surface area contributed by atoms with Gasteiger partial charge in [0.15, 0.2) is 11.6 Å². The van der Waals surface area contributed by atoms with E-state index in [1.54, 1.807) is 13.0 Å². The SMILES string of the molecule is CC1CC(=O)C(C(=O)C=Cc2ccccc2SC(F)(F)F)=CO1. The Morgan fingerprint density at radius 1 is 1.35 bits per heavy atom. The lowest BCUT2D eigenvalue weighted by Gasteiger charge is -2.17. The lowest BCUT2D eigenvalue weighted by Crippen LogP contribution is -2.23. The summed E-state index contributed by atoms with van der Waals surface area (Å²) in [4.78, 5) is 23.7. The Hall–Kier alpha value is -2.02. The lowest BCUT2D eigenvalue weighted by atomic mass is 10.0. The van der Waals surface area contributed by atoms with Crippen LogP contribution in [0.3, 0.4) is 0 Å². The van der Waals surface area contributed by atoms with Crippen LogP contribution < -0.4 is 0 Å². The number of hydrogen-bond acceptors (Lipinski definition) is 4. The van der Waals surface area contributed by atoms with Crippen molar-refractivity contribution in [2.24, 2.45) is 0 Å². The number of halogens is 3. The number of thioether (sulfide) groups is 1. The first-order chi connectivity index (χ1) is 10.8. The average molecular weight is 342 g/mol. The summed E-state index contributed by atoms with van der Waals surface area (Å²) in [5.74, 6) is -0.926. The molecule has 1 aliphatic rings. The van der Waals surface area contributed by atoms with Gasteiger partial charge in [0.2, 0.25) is 0 Å². The molecule has 0 spiro atoms. The van der Waals surface area contributed by atoms with E-state index < -0.39 is 11.3 Å². The molecular weight excluding hydrogens is 329 g/mol. The first-order valence-electron chi connectivity index (χ1n) is 6.72. The quantitative estimate of drug-likeness (QED) is 0.468. The van der Waals surface area contributed by atoms with Crippen molar-refractivity contribution in [3.05, 3.63) is 47.7 Å². The van der Waals surface area contributed by atoms with Crippen LogP contribution in [0.25, 0.3) is 6.08 Å². The Kier molecular flexibility index (Phi) is 5.30. The number of allylic oxidation sites excluding steroid dienone is 2. The topological polar surface area (TPSA) is 43.4 Å². The minimum atomic E-state index is -4.42. The van der Waals surface area contributed by atoms with Gasteiger partial charge in [-0.15, -0.1) is 0 Å². The van der Waals surface area contributed by atoms with Gasteiger partial charge in [0.1, 0.15) is 6.10 Å². The van der Waals surface area contributed by atoms with Gasteiger partial charge in [0, 0.05) is 11.3 Å². The van der Waals surface area contributed by atoms with E-state index in [1.165, 1.54) is 24.3 Å². The molecule has 23 heavy (non-hydrogen) atoms. The Bertz CT molecular complexity index is 677. The standard InChI is InChI=1S/C16H13F3O3S/c1-10-8-14(21)12(9-22-10)13(20)7-6-11-4-2-3-5-15(11)23-16(17,18)19/h2-7,9-10H,8H2,1H3. The fraction of sp³-hybridized carbons (Fsp3) is 0.250. The fourth-order valence-corrected chi connectivity index (χ4v) is 2.61. The molecule has 122 valence electrons. The zero-order chi connectivity index (χ0) is 17.0. The van der Waals surface area contributed by atoms with E-state index in [9.17, 15) is 22.8 Å². The van der Waals surface area contributed by atoms with Gasteiger partial charge in [0.05, 0.1) is 11.8 Å². The largest absolute Gasteiger partial charge is 0.497 e. The van der Waals surface area contributed by atoms with Crippen LogP contribution >= 0.6 is 11.8 Å². The zero-order valence-corrected chi connectivity index (χ0v) is 12.9. The second kappa shape index (κ2) is 7.04. The number of alkyl halides is 3. The summed E-state index contributed by atoms with van der Waals surface area (Å²) in [7, 11) is 0. The smallest absolute Gasteiger partial charge is 0.446 e. The van der Waals surface area contributed by atoms with Gasteiger partial charge in [0.25, 0.3) is 0 Å². The van der Waals surface area contributed by atoms with Crippen LogP contribution in [0, 0.1) is 0 Å².